The Balaban J connectivity index is 1.96. The minimum atomic E-state index is -2.93. The van der Waals surface area contributed by atoms with E-state index < -0.39 is 15.4 Å². The van der Waals surface area contributed by atoms with Crippen LogP contribution in [0.15, 0.2) is 0 Å². The second kappa shape index (κ2) is 8.75. The van der Waals surface area contributed by atoms with Gasteiger partial charge in [-0.25, -0.2) is 8.42 Å². The third-order valence-corrected chi connectivity index (χ3v) is 8.47. The average Bonchev–Trinajstić information content (AvgIpc) is 2.94. The molecule has 1 aliphatic carbocycles. The van der Waals surface area contributed by atoms with Crippen LogP contribution in [0.2, 0.25) is 0 Å². The first kappa shape index (κ1) is 20.6. The second-order valence-electron chi connectivity index (χ2n) is 7.00. The summed E-state index contributed by atoms with van der Waals surface area (Å²) in [5, 5.41) is 3.02. The number of hydrogen-bond acceptors (Lipinski definition) is 5. The summed E-state index contributed by atoms with van der Waals surface area (Å²) in [6.45, 7) is 5.19. The fraction of sp³-hybridized carbons (Fsp3) is 0.882. The maximum Gasteiger partial charge on any atom is 0.248 e. The fourth-order valence-corrected chi connectivity index (χ4v) is 7.19. The van der Waals surface area contributed by atoms with E-state index in [0.29, 0.717) is 32.4 Å². The zero-order chi connectivity index (χ0) is 18.5. The van der Waals surface area contributed by atoms with Crippen LogP contribution in [0.3, 0.4) is 0 Å². The van der Waals surface area contributed by atoms with Crippen LogP contribution < -0.4 is 5.32 Å². The van der Waals surface area contributed by atoms with Crippen LogP contribution in [0.4, 0.5) is 0 Å². The monoisotopic (exact) mass is 390 g/mol. The lowest BCUT2D eigenvalue weighted by Crippen LogP contribution is -2.61. The van der Waals surface area contributed by atoms with Crippen molar-refractivity contribution in [3.05, 3.63) is 0 Å². The number of amides is 2. The summed E-state index contributed by atoms with van der Waals surface area (Å²) in [4.78, 5) is 27.3. The summed E-state index contributed by atoms with van der Waals surface area (Å²) in [6.07, 6.45) is 4.98. The van der Waals surface area contributed by atoms with Crippen LogP contribution in [0, 0.1) is 0 Å². The molecule has 1 saturated heterocycles. The molecule has 2 fully saturated rings. The Kier molecular flexibility index (Phi) is 7.19. The molecule has 0 aromatic heterocycles. The van der Waals surface area contributed by atoms with Gasteiger partial charge in [0.1, 0.15) is 5.54 Å². The predicted octanol–water partition coefficient (Wildman–Crippen LogP) is 1.59. The van der Waals surface area contributed by atoms with Gasteiger partial charge in [0.2, 0.25) is 11.8 Å². The normalized spacial score (nSPS) is 24.6. The Morgan fingerprint density at radius 3 is 2.32 bits per heavy atom. The Labute approximate surface area is 155 Å². The zero-order valence-corrected chi connectivity index (χ0v) is 16.9. The van der Waals surface area contributed by atoms with E-state index in [0.717, 1.165) is 19.3 Å². The van der Waals surface area contributed by atoms with Crippen molar-refractivity contribution in [3.63, 3.8) is 0 Å². The molecule has 2 aliphatic rings. The highest BCUT2D eigenvalue weighted by Crippen LogP contribution is 2.31. The average molecular weight is 391 g/mol. The van der Waals surface area contributed by atoms with Crippen molar-refractivity contribution in [2.45, 2.75) is 63.2 Å². The summed E-state index contributed by atoms with van der Waals surface area (Å²) in [7, 11) is -2.93. The van der Waals surface area contributed by atoms with Crippen molar-refractivity contribution in [3.8, 4) is 0 Å². The lowest BCUT2D eigenvalue weighted by atomic mass is 9.80. The topological polar surface area (TPSA) is 83.6 Å². The first-order chi connectivity index (χ1) is 11.8. The van der Waals surface area contributed by atoms with E-state index in [1.54, 1.807) is 4.90 Å². The maximum atomic E-state index is 13.0. The standard InChI is InChI=1S/C17H30N2O4S2/c1-3-19(4-2)16(21)17(9-6-5-7-10-17)18-15(20)12-24-14-8-11-25(22,23)13-14/h14H,3-13H2,1-2H3,(H,18,20). The molecule has 1 aliphatic heterocycles. The number of carbonyl (C=O) groups is 2. The van der Waals surface area contributed by atoms with Gasteiger partial charge < -0.3 is 10.2 Å². The van der Waals surface area contributed by atoms with E-state index in [1.807, 2.05) is 13.8 Å². The minimum absolute atomic E-state index is 0.00320. The van der Waals surface area contributed by atoms with Gasteiger partial charge in [-0.15, -0.1) is 11.8 Å². The van der Waals surface area contributed by atoms with Crippen molar-refractivity contribution < 1.29 is 18.0 Å². The molecule has 1 saturated carbocycles. The number of nitrogens with one attached hydrogen (secondary N) is 1. The molecule has 144 valence electrons. The molecule has 2 amide bonds. The number of sulfone groups is 1. The van der Waals surface area contributed by atoms with E-state index >= 15 is 0 Å². The Morgan fingerprint density at radius 2 is 1.80 bits per heavy atom. The molecule has 25 heavy (non-hydrogen) atoms. The molecule has 1 atom stereocenters. The summed E-state index contributed by atoms with van der Waals surface area (Å²) in [5.74, 6) is 0.467. The zero-order valence-electron chi connectivity index (χ0n) is 15.3. The second-order valence-corrected chi connectivity index (χ2v) is 10.5. The van der Waals surface area contributed by atoms with Crippen LogP contribution in [0.1, 0.15) is 52.4 Å². The molecular weight excluding hydrogens is 360 g/mol. The van der Waals surface area contributed by atoms with Gasteiger partial charge in [0.15, 0.2) is 9.84 Å². The number of thioether (sulfide) groups is 1. The van der Waals surface area contributed by atoms with Crippen LogP contribution in [-0.4, -0.2) is 66.3 Å². The molecule has 0 radical (unpaired) electrons. The summed E-state index contributed by atoms with van der Waals surface area (Å²) in [6, 6.07) is 0. The molecular formula is C17H30N2O4S2. The van der Waals surface area contributed by atoms with Gasteiger partial charge in [0, 0.05) is 18.3 Å². The van der Waals surface area contributed by atoms with Crippen molar-refractivity contribution >= 4 is 33.4 Å². The van der Waals surface area contributed by atoms with E-state index in [9.17, 15) is 18.0 Å². The third-order valence-electron chi connectivity index (χ3n) is 5.19. The molecule has 0 aromatic carbocycles. The first-order valence-corrected chi connectivity index (χ1v) is 12.1. The number of carbonyl (C=O) groups excluding carboxylic acids is 2. The molecule has 6 nitrogen and oxygen atoms in total. The number of rotatable bonds is 7. The molecule has 0 aromatic rings. The van der Waals surface area contributed by atoms with Crippen LogP contribution >= 0.6 is 11.8 Å². The van der Waals surface area contributed by atoms with E-state index in [2.05, 4.69) is 5.32 Å². The van der Waals surface area contributed by atoms with E-state index in [1.165, 1.54) is 11.8 Å². The molecule has 0 bridgehead atoms. The van der Waals surface area contributed by atoms with Gasteiger partial charge in [-0.3, -0.25) is 9.59 Å². The molecule has 1 unspecified atom stereocenters. The van der Waals surface area contributed by atoms with Crippen molar-refractivity contribution in [1.82, 2.24) is 10.2 Å². The lowest BCUT2D eigenvalue weighted by Gasteiger charge is -2.40. The van der Waals surface area contributed by atoms with Crippen molar-refractivity contribution in [2.24, 2.45) is 0 Å². The highest BCUT2D eigenvalue weighted by atomic mass is 32.2. The Bertz CT molecular complexity index is 581. The summed E-state index contributed by atoms with van der Waals surface area (Å²) < 4.78 is 23.0. The predicted molar refractivity (Wildman–Crippen MR) is 101 cm³/mol. The number of nitrogens with zero attached hydrogens (tertiary/aromatic N) is 1. The summed E-state index contributed by atoms with van der Waals surface area (Å²) >= 11 is 1.40. The smallest absolute Gasteiger partial charge is 0.248 e. The third kappa shape index (κ3) is 5.36. The lowest BCUT2D eigenvalue weighted by molar-refractivity contribution is -0.142. The van der Waals surface area contributed by atoms with Crippen molar-refractivity contribution in [2.75, 3.05) is 30.3 Å². The Hall–Kier alpha value is -0.760. The van der Waals surface area contributed by atoms with Crippen LogP contribution in [-0.2, 0) is 19.4 Å². The van der Waals surface area contributed by atoms with Crippen molar-refractivity contribution in [1.29, 1.82) is 0 Å². The quantitative estimate of drug-likeness (QED) is 0.714. The fourth-order valence-electron chi connectivity index (χ4n) is 3.75. The molecule has 1 N–H and O–H groups in total. The van der Waals surface area contributed by atoms with Gasteiger partial charge in [-0.2, -0.15) is 0 Å². The Morgan fingerprint density at radius 1 is 1.16 bits per heavy atom. The largest absolute Gasteiger partial charge is 0.341 e. The van der Waals surface area contributed by atoms with E-state index in [4.69, 9.17) is 0 Å². The number of likely N-dealkylation sites (N-methyl/N-ethyl adjacent to an activating group) is 1. The highest BCUT2D eigenvalue weighted by molar-refractivity contribution is 8.02. The first-order valence-electron chi connectivity index (χ1n) is 9.24. The van der Waals surface area contributed by atoms with Gasteiger partial charge in [-0.05, 0) is 33.1 Å². The maximum absolute atomic E-state index is 13.0. The van der Waals surface area contributed by atoms with Crippen LogP contribution in [0.5, 0.6) is 0 Å². The van der Waals surface area contributed by atoms with Gasteiger partial charge in [0.25, 0.3) is 0 Å². The van der Waals surface area contributed by atoms with Crippen LogP contribution in [0.25, 0.3) is 0 Å². The molecule has 2 rings (SSSR count). The minimum Gasteiger partial charge on any atom is -0.341 e. The number of hydrogen-bond donors (Lipinski definition) is 1. The van der Waals surface area contributed by atoms with E-state index in [-0.39, 0.29) is 34.3 Å². The van der Waals surface area contributed by atoms with Gasteiger partial charge in [-0.1, -0.05) is 19.3 Å². The molecule has 1 heterocycles. The molecule has 0 spiro atoms. The van der Waals surface area contributed by atoms with Gasteiger partial charge in [0.05, 0.1) is 17.3 Å². The highest BCUT2D eigenvalue weighted by Gasteiger charge is 2.42. The SMILES string of the molecule is CCN(CC)C(=O)C1(NC(=O)CSC2CCS(=O)(=O)C2)CCCCC1. The molecule has 8 heteroatoms. The summed E-state index contributed by atoms with van der Waals surface area (Å²) in [5.41, 5.74) is -0.774. The van der Waals surface area contributed by atoms with Gasteiger partial charge >= 0.3 is 0 Å².